The second-order valence-corrected chi connectivity index (χ2v) is 2.19. The molecule has 62 valence electrons. The summed E-state index contributed by atoms with van der Waals surface area (Å²) in [6.45, 7) is 4.48. The van der Waals surface area contributed by atoms with Gasteiger partial charge in [-0.3, -0.25) is 5.41 Å². The second kappa shape index (κ2) is 6.83. The highest BCUT2D eigenvalue weighted by Gasteiger charge is 1.92. The highest BCUT2D eigenvalue weighted by atomic mass is 35.5. The van der Waals surface area contributed by atoms with Crippen molar-refractivity contribution in [1.29, 1.82) is 5.41 Å². The molecule has 0 aromatic rings. The Morgan fingerprint density at radius 1 is 1.60 bits per heavy atom. The van der Waals surface area contributed by atoms with Crippen LogP contribution in [0.5, 0.6) is 0 Å². The molecule has 0 aliphatic carbocycles. The third-order valence-corrected chi connectivity index (χ3v) is 0.823. The van der Waals surface area contributed by atoms with Crippen LogP contribution < -0.4 is 5.73 Å². The Labute approximate surface area is 67.9 Å². The minimum atomic E-state index is 0. The summed E-state index contributed by atoms with van der Waals surface area (Å²) in [5.41, 5.74) is 5.08. The summed E-state index contributed by atoms with van der Waals surface area (Å²) >= 11 is 0. The first-order valence-corrected chi connectivity index (χ1v) is 3.07. The van der Waals surface area contributed by atoms with Gasteiger partial charge in [0.15, 0.2) is 0 Å². The lowest BCUT2D eigenvalue weighted by Crippen LogP contribution is -2.14. The smallest absolute Gasteiger partial charge is 0.0928 e. The van der Waals surface area contributed by atoms with Crippen molar-refractivity contribution in [2.45, 2.75) is 26.4 Å². The molecule has 0 aliphatic rings. The Hall–Kier alpha value is -0.280. The largest absolute Gasteiger partial charge is 0.388 e. The van der Waals surface area contributed by atoms with Crippen molar-refractivity contribution < 1.29 is 4.74 Å². The maximum absolute atomic E-state index is 6.84. The molecule has 0 aliphatic heterocycles. The van der Waals surface area contributed by atoms with Crippen molar-refractivity contribution in [3.8, 4) is 0 Å². The fraction of sp³-hybridized carbons (Fsp3) is 0.833. The molecule has 0 unspecified atom stereocenters. The molecule has 0 saturated carbocycles. The highest BCUT2D eigenvalue weighted by Crippen LogP contribution is 1.88. The number of rotatable bonds is 4. The van der Waals surface area contributed by atoms with Crippen LogP contribution in [0.4, 0.5) is 0 Å². The standard InChI is InChI=1S/C6H14N2O.ClH/c1-5(2)9-4-3-6(7)8;/h5H,3-4H2,1-2H3,(H3,7,8);1H. The fourth-order valence-corrected chi connectivity index (χ4v) is 0.405. The lowest BCUT2D eigenvalue weighted by Gasteiger charge is -2.04. The van der Waals surface area contributed by atoms with Gasteiger partial charge in [0.2, 0.25) is 0 Å². The molecule has 0 amide bonds. The average Bonchev–Trinajstić information content (AvgIpc) is 1.63. The number of halogens is 1. The Morgan fingerprint density at radius 2 is 2.10 bits per heavy atom. The van der Waals surface area contributed by atoms with E-state index in [0.717, 1.165) is 0 Å². The molecule has 0 aromatic heterocycles. The molecule has 3 N–H and O–H groups in total. The first-order valence-electron chi connectivity index (χ1n) is 3.07. The van der Waals surface area contributed by atoms with E-state index in [1.165, 1.54) is 0 Å². The van der Waals surface area contributed by atoms with Crippen LogP contribution in [0.2, 0.25) is 0 Å². The quantitative estimate of drug-likeness (QED) is 0.487. The van der Waals surface area contributed by atoms with Crippen LogP contribution in [-0.2, 0) is 4.74 Å². The van der Waals surface area contributed by atoms with Crippen LogP contribution in [0.25, 0.3) is 0 Å². The van der Waals surface area contributed by atoms with Gasteiger partial charge in [-0.25, -0.2) is 0 Å². The van der Waals surface area contributed by atoms with Crippen LogP contribution in [-0.4, -0.2) is 18.5 Å². The molecule has 0 saturated heterocycles. The van der Waals surface area contributed by atoms with E-state index in [9.17, 15) is 0 Å². The molecular formula is C6H15ClN2O. The number of nitrogens with one attached hydrogen (secondary N) is 1. The molecule has 0 aromatic carbocycles. The van der Waals surface area contributed by atoms with Gasteiger partial charge < -0.3 is 10.5 Å². The SMILES string of the molecule is CC(C)OCCC(=N)N.Cl. The van der Waals surface area contributed by atoms with Crippen molar-refractivity contribution in [3.05, 3.63) is 0 Å². The van der Waals surface area contributed by atoms with E-state index >= 15 is 0 Å². The molecule has 10 heavy (non-hydrogen) atoms. The van der Waals surface area contributed by atoms with Crippen LogP contribution >= 0.6 is 12.4 Å². The van der Waals surface area contributed by atoms with Gasteiger partial charge in [-0.05, 0) is 13.8 Å². The molecule has 3 nitrogen and oxygen atoms in total. The van der Waals surface area contributed by atoms with Crippen molar-refractivity contribution in [2.75, 3.05) is 6.61 Å². The van der Waals surface area contributed by atoms with E-state index in [-0.39, 0.29) is 24.3 Å². The van der Waals surface area contributed by atoms with Gasteiger partial charge in [-0.1, -0.05) is 0 Å². The van der Waals surface area contributed by atoms with Crippen LogP contribution in [0, 0.1) is 5.41 Å². The van der Waals surface area contributed by atoms with E-state index in [2.05, 4.69) is 0 Å². The maximum atomic E-state index is 6.84. The number of hydrogen-bond donors (Lipinski definition) is 2. The van der Waals surface area contributed by atoms with Crippen LogP contribution in [0.3, 0.4) is 0 Å². The molecule has 0 radical (unpaired) electrons. The molecular weight excluding hydrogens is 152 g/mol. The van der Waals surface area contributed by atoms with Gasteiger partial charge in [0.25, 0.3) is 0 Å². The summed E-state index contributed by atoms with van der Waals surface area (Å²) in [5.74, 6) is 0.190. The van der Waals surface area contributed by atoms with Crippen molar-refractivity contribution in [3.63, 3.8) is 0 Å². The Kier molecular flexibility index (Phi) is 8.48. The average molecular weight is 167 g/mol. The predicted molar refractivity (Wildman–Crippen MR) is 44.9 cm³/mol. The van der Waals surface area contributed by atoms with Gasteiger partial charge in [0, 0.05) is 6.42 Å². The molecule has 0 fully saturated rings. The third kappa shape index (κ3) is 10.7. The minimum Gasteiger partial charge on any atom is -0.388 e. The molecule has 0 atom stereocenters. The second-order valence-electron chi connectivity index (χ2n) is 2.19. The normalized spacial score (nSPS) is 9.10. The number of amidine groups is 1. The number of ether oxygens (including phenoxy) is 1. The highest BCUT2D eigenvalue weighted by molar-refractivity contribution is 5.85. The van der Waals surface area contributed by atoms with Gasteiger partial charge in [0.1, 0.15) is 0 Å². The lowest BCUT2D eigenvalue weighted by atomic mass is 10.4. The monoisotopic (exact) mass is 166 g/mol. The van der Waals surface area contributed by atoms with E-state index in [0.29, 0.717) is 13.0 Å². The van der Waals surface area contributed by atoms with E-state index in [1.807, 2.05) is 13.8 Å². The zero-order valence-corrected chi connectivity index (χ0v) is 7.20. The lowest BCUT2D eigenvalue weighted by molar-refractivity contribution is 0.0844. The van der Waals surface area contributed by atoms with Crippen molar-refractivity contribution >= 4 is 18.2 Å². The van der Waals surface area contributed by atoms with E-state index in [4.69, 9.17) is 15.9 Å². The summed E-state index contributed by atoms with van der Waals surface area (Å²) < 4.78 is 5.13. The van der Waals surface area contributed by atoms with E-state index in [1.54, 1.807) is 0 Å². The van der Waals surface area contributed by atoms with Crippen LogP contribution in [0.15, 0.2) is 0 Å². The Morgan fingerprint density at radius 3 is 2.40 bits per heavy atom. The van der Waals surface area contributed by atoms with Crippen molar-refractivity contribution in [1.82, 2.24) is 0 Å². The number of hydrogen-bond acceptors (Lipinski definition) is 2. The molecule has 4 heteroatoms. The summed E-state index contributed by atoms with van der Waals surface area (Å²) in [6, 6.07) is 0. The molecule has 0 spiro atoms. The summed E-state index contributed by atoms with van der Waals surface area (Å²) in [6.07, 6.45) is 0.780. The van der Waals surface area contributed by atoms with E-state index < -0.39 is 0 Å². The third-order valence-electron chi connectivity index (χ3n) is 0.823. The summed E-state index contributed by atoms with van der Waals surface area (Å²) in [7, 11) is 0. The Bertz CT molecular complexity index is 95.7. The van der Waals surface area contributed by atoms with Gasteiger partial charge in [-0.2, -0.15) is 0 Å². The zero-order chi connectivity index (χ0) is 7.28. The molecule has 0 rings (SSSR count). The zero-order valence-electron chi connectivity index (χ0n) is 6.39. The van der Waals surface area contributed by atoms with Gasteiger partial charge >= 0.3 is 0 Å². The first-order chi connectivity index (χ1) is 4.13. The van der Waals surface area contributed by atoms with Gasteiger partial charge in [-0.15, -0.1) is 12.4 Å². The fourth-order valence-electron chi connectivity index (χ4n) is 0.405. The predicted octanol–water partition coefficient (Wildman–Crippen LogP) is 1.16. The van der Waals surface area contributed by atoms with Gasteiger partial charge in [0.05, 0.1) is 18.5 Å². The summed E-state index contributed by atoms with van der Waals surface area (Å²) in [5, 5.41) is 6.84. The van der Waals surface area contributed by atoms with Crippen LogP contribution in [0.1, 0.15) is 20.3 Å². The maximum Gasteiger partial charge on any atom is 0.0928 e. The molecule has 0 bridgehead atoms. The first kappa shape index (κ1) is 12.4. The Balaban J connectivity index is 0. The number of nitrogens with two attached hydrogens (primary N) is 1. The minimum absolute atomic E-state index is 0. The molecule has 0 heterocycles. The summed E-state index contributed by atoms with van der Waals surface area (Å²) in [4.78, 5) is 0. The topological polar surface area (TPSA) is 59.1 Å². The van der Waals surface area contributed by atoms with Crippen molar-refractivity contribution in [2.24, 2.45) is 5.73 Å².